The van der Waals surface area contributed by atoms with E-state index in [1.54, 1.807) is 11.7 Å². The molecule has 0 unspecified atom stereocenters. The predicted molar refractivity (Wildman–Crippen MR) is 93.7 cm³/mol. The van der Waals surface area contributed by atoms with Gasteiger partial charge in [-0.1, -0.05) is 13.3 Å². The molecule has 2 aromatic rings. The summed E-state index contributed by atoms with van der Waals surface area (Å²) in [6, 6.07) is 0.646. The number of aromatic nitrogens is 4. The van der Waals surface area contributed by atoms with Crippen LogP contribution < -0.4 is 15.8 Å². The molecule has 130 valence electrons. The van der Waals surface area contributed by atoms with Crippen LogP contribution in [0.25, 0.3) is 17.0 Å². The van der Waals surface area contributed by atoms with Crippen LogP contribution in [0.5, 0.6) is 6.01 Å². The number of nitrogens with zero attached hydrogens (tertiary/aromatic N) is 4. The lowest BCUT2D eigenvalue weighted by Gasteiger charge is -2.17. The summed E-state index contributed by atoms with van der Waals surface area (Å²) in [5.41, 5.74) is 7.18. The van der Waals surface area contributed by atoms with Crippen molar-refractivity contribution in [2.24, 2.45) is 0 Å². The number of ether oxygens (including phenoxy) is 2. The first-order valence-corrected chi connectivity index (χ1v) is 8.33. The van der Waals surface area contributed by atoms with Gasteiger partial charge in [-0.2, -0.15) is 15.0 Å². The highest BCUT2D eigenvalue weighted by Crippen LogP contribution is 2.30. The third-order valence-electron chi connectivity index (χ3n) is 3.92. The SMILES string of the molecule is CCC[C@@H](C)Nc1nc(N)c2nc(OC)n(C3=CCCCO3)c2n1. The van der Waals surface area contributed by atoms with Crippen LogP contribution >= 0.6 is 0 Å². The van der Waals surface area contributed by atoms with Crippen LogP contribution in [-0.2, 0) is 4.74 Å². The molecule has 0 spiro atoms. The predicted octanol–water partition coefficient (Wildman–Crippen LogP) is 2.63. The van der Waals surface area contributed by atoms with Gasteiger partial charge in [0.05, 0.1) is 13.7 Å². The van der Waals surface area contributed by atoms with Crippen molar-refractivity contribution in [2.75, 3.05) is 24.8 Å². The fourth-order valence-corrected chi connectivity index (χ4v) is 2.79. The van der Waals surface area contributed by atoms with Crippen LogP contribution in [-0.4, -0.2) is 39.3 Å². The van der Waals surface area contributed by atoms with Gasteiger partial charge in [-0.05, 0) is 32.3 Å². The monoisotopic (exact) mass is 332 g/mol. The first-order chi connectivity index (χ1) is 11.6. The number of rotatable bonds is 6. The normalized spacial score (nSPS) is 15.7. The molecule has 0 amide bonds. The molecule has 1 atom stereocenters. The van der Waals surface area contributed by atoms with Crippen molar-refractivity contribution < 1.29 is 9.47 Å². The number of nitrogen functional groups attached to an aromatic ring is 1. The quantitative estimate of drug-likeness (QED) is 0.838. The number of hydrogen-bond acceptors (Lipinski definition) is 7. The maximum atomic E-state index is 6.09. The molecule has 0 radical (unpaired) electrons. The Balaban J connectivity index is 2.08. The number of methoxy groups -OCH3 is 1. The fraction of sp³-hybridized carbons (Fsp3) is 0.562. The van der Waals surface area contributed by atoms with E-state index in [0.717, 1.165) is 25.7 Å². The first-order valence-electron chi connectivity index (χ1n) is 8.33. The smallest absolute Gasteiger partial charge is 0.305 e. The van der Waals surface area contributed by atoms with E-state index in [-0.39, 0.29) is 6.04 Å². The second-order valence-corrected chi connectivity index (χ2v) is 5.91. The van der Waals surface area contributed by atoms with Crippen LogP contribution in [0.3, 0.4) is 0 Å². The molecule has 3 heterocycles. The minimum Gasteiger partial charge on any atom is -0.479 e. The minimum absolute atomic E-state index is 0.260. The van der Waals surface area contributed by atoms with Gasteiger partial charge in [0, 0.05) is 6.04 Å². The van der Waals surface area contributed by atoms with Crippen LogP contribution in [0.4, 0.5) is 11.8 Å². The Kier molecular flexibility index (Phi) is 4.73. The summed E-state index contributed by atoms with van der Waals surface area (Å²) in [5, 5.41) is 3.29. The second-order valence-electron chi connectivity index (χ2n) is 5.91. The third-order valence-corrected chi connectivity index (χ3v) is 3.92. The largest absolute Gasteiger partial charge is 0.479 e. The molecule has 1 aliphatic heterocycles. The molecule has 8 heteroatoms. The zero-order valence-electron chi connectivity index (χ0n) is 14.4. The van der Waals surface area contributed by atoms with Gasteiger partial charge in [0.2, 0.25) is 5.95 Å². The summed E-state index contributed by atoms with van der Waals surface area (Å²) in [7, 11) is 1.56. The summed E-state index contributed by atoms with van der Waals surface area (Å²) in [6.07, 6.45) is 6.06. The van der Waals surface area contributed by atoms with Crippen molar-refractivity contribution in [1.82, 2.24) is 19.5 Å². The van der Waals surface area contributed by atoms with Gasteiger partial charge < -0.3 is 20.5 Å². The second kappa shape index (κ2) is 6.94. The van der Waals surface area contributed by atoms with E-state index in [9.17, 15) is 0 Å². The van der Waals surface area contributed by atoms with Crippen LogP contribution in [0.1, 0.15) is 39.5 Å². The molecule has 1 aliphatic rings. The lowest BCUT2D eigenvalue weighted by Crippen LogP contribution is -2.17. The van der Waals surface area contributed by atoms with Gasteiger partial charge in [0.15, 0.2) is 22.9 Å². The topological polar surface area (TPSA) is 100 Å². The number of imidazole rings is 1. The highest BCUT2D eigenvalue weighted by molar-refractivity contribution is 5.86. The van der Waals surface area contributed by atoms with Gasteiger partial charge in [0.25, 0.3) is 0 Å². The Morgan fingerprint density at radius 2 is 2.25 bits per heavy atom. The molecular formula is C16H24N6O2. The Morgan fingerprint density at radius 1 is 1.42 bits per heavy atom. The van der Waals surface area contributed by atoms with E-state index in [4.69, 9.17) is 15.2 Å². The Bertz CT molecular complexity index is 755. The molecule has 0 aliphatic carbocycles. The van der Waals surface area contributed by atoms with Gasteiger partial charge >= 0.3 is 6.01 Å². The average molecular weight is 332 g/mol. The highest BCUT2D eigenvalue weighted by atomic mass is 16.5. The zero-order valence-corrected chi connectivity index (χ0v) is 14.4. The third kappa shape index (κ3) is 3.08. The van der Waals surface area contributed by atoms with Gasteiger partial charge in [-0.15, -0.1) is 0 Å². The summed E-state index contributed by atoms with van der Waals surface area (Å²) < 4.78 is 12.9. The van der Waals surface area contributed by atoms with Crippen molar-refractivity contribution in [2.45, 2.75) is 45.6 Å². The molecule has 3 rings (SSSR count). The summed E-state index contributed by atoms with van der Waals surface area (Å²) >= 11 is 0. The zero-order chi connectivity index (χ0) is 17.1. The van der Waals surface area contributed by atoms with Gasteiger partial charge in [-0.3, -0.25) is 0 Å². The Hall–Kier alpha value is -2.51. The lowest BCUT2D eigenvalue weighted by atomic mass is 10.2. The molecule has 0 saturated carbocycles. The van der Waals surface area contributed by atoms with E-state index >= 15 is 0 Å². The average Bonchev–Trinajstić information content (AvgIpc) is 2.95. The van der Waals surface area contributed by atoms with E-state index in [2.05, 4.69) is 34.1 Å². The van der Waals surface area contributed by atoms with Crippen LogP contribution in [0, 0.1) is 0 Å². The molecular weight excluding hydrogens is 308 g/mol. The van der Waals surface area contributed by atoms with Crippen molar-refractivity contribution >= 4 is 28.8 Å². The van der Waals surface area contributed by atoms with Crippen LogP contribution in [0.15, 0.2) is 6.08 Å². The number of hydrogen-bond donors (Lipinski definition) is 2. The fourth-order valence-electron chi connectivity index (χ4n) is 2.79. The molecule has 3 N–H and O–H groups in total. The van der Waals surface area contributed by atoms with E-state index in [0.29, 0.717) is 41.4 Å². The van der Waals surface area contributed by atoms with Crippen molar-refractivity contribution in [3.63, 3.8) is 0 Å². The molecule has 24 heavy (non-hydrogen) atoms. The lowest BCUT2D eigenvalue weighted by molar-refractivity contribution is 0.234. The summed E-state index contributed by atoms with van der Waals surface area (Å²) in [6.45, 7) is 4.90. The summed E-state index contributed by atoms with van der Waals surface area (Å²) in [4.78, 5) is 13.3. The Labute approximate surface area is 141 Å². The minimum atomic E-state index is 0.260. The van der Waals surface area contributed by atoms with Crippen molar-refractivity contribution in [3.05, 3.63) is 6.08 Å². The maximum Gasteiger partial charge on any atom is 0.305 e. The van der Waals surface area contributed by atoms with E-state index in [1.807, 2.05) is 6.08 Å². The number of fused-ring (bicyclic) bond motifs is 1. The molecule has 0 fully saturated rings. The van der Waals surface area contributed by atoms with E-state index < -0.39 is 0 Å². The number of nitrogens with one attached hydrogen (secondary N) is 1. The van der Waals surface area contributed by atoms with Crippen LogP contribution in [0.2, 0.25) is 0 Å². The number of anilines is 2. The maximum absolute atomic E-state index is 6.09. The molecule has 0 bridgehead atoms. The number of nitrogens with two attached hydrogens (primary N) is 1. The molecule has 0 saturated heterocycles. The number of allylic oxidation sites excluding steroid dienone is 1. The standard InChI is InChI=1S/C16H24N6O2/c1-4-7-10(2)18-15-20-13(17)12-14(21-15)22(16(19-12)23-3)11-8-5-6-9-24-11/h8,10H,4-7,9H2,1-3H3,(H3,17,18,20,21)/t10-/m1/s1. The van der Waals surface area contributed by atoms with E-state index in [1.165, 1.54) is 0 Å². The first kappa shape index (κ1) is 16.4. The highest BCUT2D eigenvalue weighted by Gasteiger charge is 2.22. The van der Waals surface area contributed by atoms with Gasteiger partial charge in [-0.25, -0.2) is 4.57 Å². The Morgan fingerprint density at radius 3 is 2.92 bits per heavy atom. The van der Waals surface area contributed by atoms with Crippen molar-refractivity contribution in [3.8, 4) is 6.01 Å². The van der Waals surface area contributed by atoms with Gasteiger partial charge in [0.1, 0.15) is 0 Å². The van der Waals surface area contributed by atoms with Crippen molar-refractivity contribution in [1.29, 1.82) is 0 Å². The molecule has 0 aromatic carbocycles. The molecule has 2 aromatic heterocycles. The summed E-state index contributed by atoms with van der Waals surface area (Å²) in [5.74, 6) is 1.48. The molecule has 8 nitrogen and oxygen atoms in total.